The van der Waals surface area contributed by atoms with Gasteiger partial charge in [-0.3, -0.25) is 9.35 Å². The molecule has 0 aliphatic heterocycles. The maximum atomic E-state index is 12.5. The molecule has 7 heteroatoms. The van der Waals surface area contributed by atoms with E-state index in [1.54, 1.807) is 0 Å². The van der Waals surface area contributed by atoms with Crippen LogP contribution >= 0.6 is 0 Å². The first kappa shape index (κ1) is 45.3. The molecule has 0 bridgehead atoms. The molecule has 6 nitrogen and oxygen atoms in total. The predicted octanol–water partition coefficient (Wildman–Crippen LogP) is 11.6. The number of carbonyl (C=O) groups excluding carboxylic acids is 1. The van der Waals surface area contributed by atoms with Gasteiger partial charge in [-0.25, -0.2) is 0 Å². The highest BCUT2D eigenvalue weighted by atomic mass is 32.2. The van der Waals surface area contributed by atoms with Crippen LogP contribution in [-0.2, 0) is 14.9 Å². The molecule has 0 heterocycles. The molecule has 0 rings (SSSR count). The van der Waals surface area contributed by atoms with Gasteiger partial charge in [-0.05, 0) is 12.8 Å². The van der Waals surface area contributed by atoms with Gasteiger partial charge < -0.3 is 10.4 Å². The standard InChI is InChI=1S/C39H79NO5S/c1-3-5-7-9-11-13-15-17-18-19-20-21-22-23-25-27-29-31-33-35-39(42)40-37(36-46(43,44)45)38(41)34-32-30-28-26-24-16-14-12-10-8-6-4-2/h37-38,41H,3-36H2,1-2H3,(H,40,42)(H,43,44,45). The normalized spacial score (nSPS) is 13.2. The van der Waals surface area contributed by atoms with Crippen molar-refractivity contribution in [2.75, 3.05) is 5.75 Å². The SMILES string of the molecule is CCCCCCCCCCCCCCCCCCCCCC(=O)NC(CS(=O)(=O)O)C(O)CCCCCCCCCCCCCC. The van der Waals surface area contributed by atoms with E-state index in [4.69, 9.17) is 0 Å². The number of aliphatic hydroxyl groups is 1. The summed E-state index contributed by atoms with van der Waals surface area (Å²) in [5.41, 5.74) is 0. The van der Waals surface area contributed by atoms with Gasteiger partial charge in [0.05, 0.1) is 17.9 Å². The fourth-order valence-corrected chi connectivity index (χ4v) is 7.27. The quantitative estimate of drug-likeness (QED) is 0.0450. The Morgan fingerprint density at radius 2 is 0.783 bits per heavy atom. The fraction of sp³-hybridized carbons (Fsp3) is 0.974. The average molecular weight is 674 g/mol. The molecule has 0 radical (unpaired) electrons. The Kier molecular flexibility index (Phi) is 33.7. The van der Waals surface area contributed by atoms with Crippen molar-refractivity contribution in [2.24, 2.45) is 0 Å². The number of aliphatic hydroxyl groups excluding tert-OH is 1. The molecule has 0 aromatic heterocycles. The Labute approximate surface area is 287 Å². The zero-order valence-corrected chi connectivity index (χ0v) is 31.5. The van der Waals surface area contributed by atoms with Crippen LogP contribution in [0.5, 0.6) is 0 Å². The monoisotopic (exact) mass is 674 g/mol. The van der Waals surface area contributed by atoms with E-state index in [0.717, 1.165) is 38.5 Å². The lowest BCUT2D eigenvalue weighted by Gasteiger charge is -2.23. The molecule has 0 aromatic carbocycles. The van der Waals surface area contributed by atoms with Gasteiger partial charge in [-0.15, -0.1) is 0 Å². The minimum atomic E-state index is -4.30. The highest BCUT2D eigenvalue weighted by molar-refractivity contribution is 7.85. The van der Waals surface area contributed by atoms with Gasteiger partial charge in [-0.2, -0.15) is 8.42 Å². The van der Waals surface area contributed by atoms with E-state index in [9.17, 15) is 22.9 Å². The number of carbonyl (C=O) groups is 1. The third kappa shape index (κ3) is 34.7. The largest absolute Gasteiger partial charge is 0.391 e. The summed E-state index contributed by atoms with van der Waals surface area (Å²) < 4.78 is 32.5. The van der Waals surface area contributed by atoms with Crippen LogP contribution in [0.25, 0.3) is 0 Å². The van der Waals surface area contributed by atoms with Crippen LogP contribution in [0, 0.1) is 0 Å². The summed E-state index contributed by atoms with van der Waals surface area (Å²) in [5, 5.41) is 13.3. The van der Waals surface area contributed by atoms with Gasteiger partial charge in [0.25, 0.3) is 10.1 Å². The molecule has 2 atom stereocenters. The number of hydrogen-bond acceptors (Lipinski definition) is 4. The second-order valence-corrected chi connectivity index (χ2v) is 15.8. The molecular formula is C39H79NO5S. The Morgan fingerprint density at radius 3 is 1.09 bits per heavy atom. The lowest BCUT2D eigenvalue weighted by atomic mass is 10.0. The summed E-state index contributed by atoms with van der Waals surface area (Å²) in [6.07, 6.45) is 39.1. The molecule has 0 spiro atoms. The van der Waals surface area contributed by atoms with Crippen molar-refractivity contribution in [3.05, 3.63) is 0 Å². The first-order chi connectivity index (χ1) is 22.3. The summed E-state index contributed by atoms with van der Waals surface area (Å²) in [6, 6.07) is -0.962. The van der Waals surface area contributed by atoms with Gasteiger partial charge in [-0.1, -0.05) is 206 Å². The van der Waals surface area contributed by atoms with Crippen LogP contribution in [0.15, 0.2) is 0 Å². The number of unbranched alkanes of at least 4 members (excludes halogenated alkanes) is 29. The van der Waals surface area contributed by atoms with Crippen LogP contribution in [0.3, 0.4) is 0 Å². The minimum absolute atomic E-state index is 0.241. The van der Waals surface area contributed by atoms with Crippen LogP contribution in [-0.4, -0.2) is 41.9 Å². The second kappa shape index (κ2) is 34.2. The van der Waals surface area contributed by atoms with Crippen molar-refractivity contribution in [3.63, 3.8) is 0 Å². The number of nitrogens with one attached hydrogen (secondary N) is 1. The zero-order valence-electron chi connectivity index (χ0n) is 30.7. The Bertz CT molecular complexity index is 745. The van der Waals surface area contributed by atoms with Gasteiger partial charge >= 0.3 is 0 Å². The van der Waals surface area contributed by atoms with E-state index in [0.29, 0.717) is 12.8 Å². The highest BCUT2D eigenvalue weighted by Crippen LogP contribution is 2.16. The van der Waals surface area contributed by atoms with Crippen molar-refractivity contribution in [3.8, 4) is 0 Å². The van der Waals surface area contributed by atoms with Crippen molar-refractivity contribution in [2.45, 2.75) is 238 Å². The maximum Gasteiger partial charge on any atom is 0.266 e. The Balaban J connectivity index is 3.79. The number of amides is 1. The average Bonchev–Trinajstić information content (AvgIpc) is 3.01. The smallest absolute Gasteiger partial charge is 0.266 e. The van der Waals surface area contributed by atoms with Crippen LogP contribution in [0.2, 0.25) is 0 Å². The first-order valence-corrected chi connectivity index (χ1v) is 21.8. The molecule has 3 N–H and O–H groups in total. The third-order valence-corrected chi connectivity index (χ3v) is 10.3. The van der Waals surface area contributed by atoms with Crippen molar-refractivity contribution >= 4 is 16.0 Å². The third-order valence-electron chi connectivity index (χ3n) is 9.56. The summed E-state index contributed by atoms with van der Waals surface area (Å²) in [4.78, 5) is 12.5. The molecule has 0 saturated heterocycles. The van der Waals surface area contributed by atoms with E-state index < -0.39 is 28.0 Å². The molecule has 0 saturated carbocycles. The lowest BCUT2D eigenvalue weighted by molar-refractivity contribution is -0.122. The van der Waals surface area contributed by atoms with Gasteiger partial charge in [0.15, 0.2) is 0 Å². The summed E-state index contributed by atoms with van der Waals surface area (Å²) in [6.45, 7) is 4.52. The van der Waals surface area contributed by atoms with Crippen molar-refractivity contribution < 1.29 is 22.9 Å². The predicted molar refractivity (Wildman–Crippen MR) is 198 cm³/mol. The molecule has 0 aliphatic carbocycles. The Morgan fingerprint density at radius 1 is 0.500 bits per heavy atom. The Hall–Kier alpha value is -0.660. The number of rotatable bonds is 37. The molecule has 0 aromatic rings. The van der Waals surface area contributed by atoms with Crippen LogP contribution < -0.4 is 5.32 Å². The van der Waals surface area contributed by atoms with E-state index in [1.807, 2.05) is 0 Å². The topological polar surface area (TPSA) is 104 Å². The van der Waals surface area contributed by atoms with E-state index in [-0.39, 0.29) is 5.91 Å². The van der Waals surface area contributed by atoms with Gasteiger partial charge in [0, 0.05) is 6.42 Å². The molecule has 2 unspecified atom stereocenters. The zero-order chi connectivity index (χ0) is 34.0. The molecule has 0 fully saturated rings. The van der Waals surface area contributed by atoms with Crippen LogP contribution in [0.1, 0.15) is 226 Å². The van der Waals surface area contributed by atoms with Crippen molar-refractivity contribution in [1.29, 1.82) is 0 Å². The summed E-state index contributed by atoms with van der Waals surface area (Å²) in [5.74, 6) is -0.883. The van der Waals surface area contributed by atoms with E-state index >= 15 is 0 Å². The molecule has 46 heavy (non-hydrogen) atoms. The molecule has 276 valence electrons. The van der Waals surface area contributed by atoms with Gasteiger partial charge in [0.2, 0.25) is 5.91 Å². The van der Waals surface area contributed by atoms with Gasteiger partial charge in [0.1, 0.15) is 0 Å². The van der Waals surface area contributed by atoms with E-state index in [2.05, 4.69) is 19.2 Å². The first-order valence-electron chi connectivity index (χ1n) is 20.2. The van der Waals surface area contributed by atoms with Crippen molar-refractivity contribution in [1.82, 2.24) is 5.32 Å². The maximum absolute atomic E-state index is 12.5. The van der Waals surface area contributed by atoms with E-state index in [1.165, 1.54) is 161 Å². The molecular weight excluding hydrogens is 594 g/mol. The minimum Gasteiger partial charge on any atom is -0.391 e. The summed E-state index contributed by atoms with van der Waals surface area (Å²) in [7, 11) is -4.30. The molecule has 1 amide bonds. The fourth-order valence-electron chi connectivity index (χ4n) is 6.51. The summed E-state index contributed by atoms with van der Waals surface area (Å²) >= 11 is 0. The number of hydrogen-bond donors (Lipinski definition) is 3. The second-order valence-electron chi connectivity index (χ2n) is 14.3. The highest BCUT2D eigenvalue weighted by Gasteiger charge is 2.26. The lowest BCUT2D eigenvalue weighted by Crippen LogP contribution is -2.47. The molecule has 0 aliphatic rings. The van der Waals surface area contributed by atoms with Crippen LogP contribution in [0.4, 0.5) is 0 Å².